The van der Waals surface area contributed by atoms with Crippen molar-refractivity contribution in [2.45, 2.75) is 116 Å². The number of hydrogen-bond donors (Lipinski definition) is 3. The molecule has 2 fully saturated rings. The van der Waals surface area contributed by atoms with Gasteiger partial charge in [-0.2, -0.15) is 0 Å². The van der Waals surface area contributed by atoms with Gasteiger partial charge in [-0.25, -0.2) is 4.79 Å². The first-order valence-electron chi connectivity index (χ1n) is 13.9. The van der Waals surface area contributed by atoms with Gasteiger partial charge in [-0.15, -0.1) is 5.92 Å². The van der Waals surface area contributed by atoms with Gasteiger partial charge in [0.25, 0.3) is 0 Å². The van der Waals surface area contributed by atoms with Gasteiger partial charge >= 0.3 is 11.9 Å². The van der Waals surface area contributed by atoms with Gasteiger partial charge in [0.1, 0.15) is 12.7 Å². The van der Waals surface area contributed by atoms with Crippen molar-refractivity contribution in [2.24, 2.45) is 28.1 Å². The summed E-state index contributed by atoms with van der Waals surface area (Å²) in [5, 5.41) is 37.2. The predicted molar refractivity (Wildman–Crippen MR) is 138 cm³/mol. The summed E-state index contributed by atoms with van der Waals surface area (Å²) in [6, 6.07) is 0. The number of fused-ring (bicyclic) bond motifs is 4. The second kappa shape index (κ2) is 10.0. The third kappa shape index (κ3) is 4.64. The van der Waals surface area contributed by atoms with Crippen molar-refractivity contribution in [1.29, 1.82) is 0 Å². The summed E-state index contributed by atoms with van der Waals surface area (Å²) in [6.07, 6.45) is 2.41. The zero-order valence-corrected chi connectivity index (χ0v) is 23.0. The van der Waals surface area contributed by atoms with Gasteiger partial charge in [-0.1, -0.05) is 33.6 Å². The first-order chi connectivity index (χ1) is 17.3. The monoisotopic (exact) mass is 516 g/mol. The Morgan fingerprint density at radius 1 is 1.19 bits per heavy atom. The molecule has 4 rings (SSSR count). The van der Waals surface area contributed by atoms with E-state index in [0.717, 1.165) is 12.0 Å². The molecular formula is C30H44O7. The summed E-state index contributed by atoms with van der Waals surface area (Å²) in [5.74, 6) is 5.55. The lowest BCUT2D eigenvalue weighted by Crippen LogP contribution is -2.78. The summed E-state index contributed by atoms with van der Waals surface area (Å²) in [4.78, 5) is 24.6. The lowest BCUT2D eigenvalue weighted by molar-refractivity contribution is -0.331. The van der Waals surface area contributed by atoms with Crippen molar-refractivity contribution >= 4 is 11.9 Å². The Labute approximate surface area is 221 Å². The molecule has 0 aromatic rings. The first kappa shape index (κ1) is 28.1. The Morgan fingerprint density at radius 3 is 2.57 bits per heavy atom. The van der Waals surface area contributed by atoms with Gasteiger partial charge in [0.05, 0.1) is 35.1 Å². The van der Waals surface area contributed by atoms with E-state index in [1.165, 1.54) is 6.08 Å². The average molecular weight is 517 g/mol. The standard InChI is InChI=1S/C30H44O7/c1-19(2)9-10-22(31)30-23(32)12-14-27(3,4)26(30)21-17-28(5,13-7-6-8-24(33)37-21)29(30,35)15-11-20-16-25(34)36-18-20/h16,19,21-23,26,31-32,35H,6,8-12,14-15,17-18H2,1-5H3. The van der Waals surface area contributed by atoms with Gasteiger partial charge in [0, 0.05) is 24.8 Å². The van der Waals surface area contributed by atoms with Gasteiger partial charge in [0.15, 0.2) is 0 Å². The SMILES string of the molecule is CC(C)CCC(O)C12C(O)CCC(C)(C)C1C1CC(C)(C#CCCC(=O)O1)C2(O)CCC1=CC(=O)OC1. The zero-order chi connectivity index (χ0) is 27.2. The Bertz CT molecular complexity index is 1000. The van der Waals surface area contributed by atoms with E-state index in [9.17, 15) is 24.9 Å². The number of carbonyl (C=O) groups is 2. The van der Waals surface area contributed by atoms with Crippen LogP contribution in [0.25, 0.3) is 0 Å². The van der Waals surface area contributed by atoms with Crippen LogP contribution in [-0.4, -0.2) is 57.8 Å². The van der Waals surface area contributed by atoms with Gasteiger partial charge in [0.2, 0.25) is 0 Å². The fourth-order valence-electron chi connectivity index (χ4n) is 8.01. The minimum absolute atomic E-state index is 0.170. The molecule has 7 unspecified atom stereocenters. The Balaban J connectivity index is 1.94. The molecule has 2 heterocycles. The molecule has 4 aliphatic rings. The number of aliphatic hydroxyl groups is 3. The van der Waals surface area contributed by atoms with Crippen LogP contribution in [0.5, 0.6) is 0 Å². The molecule has 0 amide bonds. The molecule has 2 saturated carbocycles. The maximum atomic E-state index is 13.1. The molecule has 3 N–H and O–H groups in total. The molecule has 37 heavy (non-hydrogen) atoms. The van der Waals surface area contributed by atoms with Gasteiger partial charge in [-0.3, -0.25) is 4.79 Å². The van der Waals surface area contributed by atoms with Crippen molar-refractivity contribution in [3.63, 3.8) is 0 Å². The fraction of sp³-hybridized carbons (Fsp3) is 0.800. The van der Waals surface area contributed by atoms with Crippen LogP contribution in [0, 0.1) is 39.9 Å². The molecule has 2 aliphatic carbocycles. The van der Waals surface area contributed by atoms with Crippen LogP contribution in [-0.2, 0) is 19.1 Å². The number of hydrogen-bond acceptors (Lipinski definition) is 7. The van der Waals surface area contributed by atoms with Crippen LogP contribution in [0.3, 0.4) is 0 Å². The lowest BCUT2D eigenvalue weighted by atomic mass is 9.37. The molecule has 0 aromatic heterocycles. The molecule has 2 aliphatic heterocycles. The van der Waals surface area contributed by atoms with E-state index < -0.39 is 52.0 Å². The second-order valence-corrected chi connectivity index (χ2v) is 13.1. The minimum Gasteiger partial charge on any atom is -0.462 e. The summed E-state index contributed by atoms with van der Waals surface area (Å²) >= 11 is 0. The molecule has 7 nitrogen and oxygen atoms in total. The molecule has 0 spiro atoms. The van der Waals surface area contributed by atoms with Crippen LogP contribution >= 0.6 is 0 Å². The smallest absolute Gasteiger partial charge is 0.331 e. The zero-order valence-electron chi connectivity index (χ0n) is 23.0. The predicted octanol–water partition coefficient (Wildman–Crippen LogP) is 3.68. The van der Waals surface area contributed by atoms with Crippen molar-refractivity contribution in [1.82, 2.24) is 0 Å². The van der Waals surface area contributed by atoms with E-state index in [4.69, 9.17) is 9.47 Å². The summed E-state index contributed by atoms with van der Waals surface area (Å²) in [7, 11) is 0. The topological polar surface area (TPSA) is 113 Å². The first-order valence-corrected chi connectivity index (χ1v) is 13.9. The number of carbonyl (C=O) groups excluding carboxylic acids is 2. The van der Waals surface area contributed by atoms with Crippen molar-refractivity contribution in [2.75, 3.05) is 6.61 Å². The van der Waals surface area contributed by atoms with Crippen LogP contribution in [0.2, 0.25) is 0 Å². The summed E-state index contributed by atoms with van der Waals surface area (Å²) < 4.78 is 11.2. The average Bonchev–Trinajstić information content (AvgIpc) is 3.25. The Hall–Kier alpha value is -1.88. The van der Waals surface area contributed by atoms with Gasteiger partial charge < -0.3 is 24.8 Å². The maximum Gasteiger partial charge on any atom is 0.331 e. The Kier molecular flexibility index (Phi) is 7.62. The molecular weight excluding hydrogens is 472 g/mol. The summed E-state index contributed by atoms with van der Waals surface area (Å²) in [5.41, 5.74) is -3.71. The number of aliphatic hydroxyl groups excluding tert-OH is 2. The van der Waals surface area contributed by atoms with E-state index in [2.05, 4.69) is 39.5 Å². The van der Waals surface area contributed by atoms with Crippen LogP contribution in [0.4, 0.5) is 0 Å². The molecule has 2 bridgehead atoms. The maximum absolute atomic E-state index is 13.1. The molecule has 0 aromatic carbocycles. The quantitative estimate of drug-likeness (QED) is 0.349. The highest BCUT2D eigenvalue weighted by atomic mass is 16.5. The highest BCUT2D eigenvalue weighted by Gasteiger charge is 2.76. The van der Waals surface area contributed by atoms with Crippen molar-refractivity contribution < 1.29 is 34.4 Å². The number of rotatable bonds is 7. The number of ether oxygens (including phenoxy) is 2. The third-order valence-corrected chi connectivity index (χ3v) is 9.78. The van der Waals surface area contributed by atoms with E-state index in [0.29, 0.717) is 44.4 Å². The largest absolute Gasteiger partial charge is 0.462 e. The second-order valence-electron chi connectivity index (χ2n) is 13.1. The molecule has 0 radical (unpaired) electrons. The highest BCUT2D eigenvalue weighted by molar-refractivity contribution is 5.85. The van der Waals surface area contributed by atoms with E-state index in [1.807, 2.05) is 6.92 Å². The van der Waals surface area contributed by atoms with Crippen molar-refractivity contribution in [3.05, 3.63) is 11.6 Å². The highest BCUT2D eigenvalue weighted by Crippen LogP contribution is 2.69. The van der Waals surface area contributed by atoms with E-state index in [1.54, 1.807) is 0 Å². The number of cyclic esters (lactones) is 1. The minimum atomic E-state index is -1.62. The summed E-state index contributed by atoms with van der Waals surface area (Å²) in [6.45, 7) is 10.4. The van der Waals surface area contributed by atoms with E-state index >= 15 is 0 Å². The molecule has 206 valence electrons. The molecule has 7 heteroatoms. The fourth-order valence-corrected chi connectivity index (χ4v) is 8.01. The van der Waals surface area contributed by atoms with Crippen LogP contribution in [0.15, 0.2) is 11.6 Å². The third-order valence-electron chi connectivity index (χ3n) is 9.78. The van der Waals surface area contributed by atoms with E-state index in [-0.39, 0.29) is 25.4 Å². The van der Waals surface area contributed by atoms with Crippen LogP contribution < -0.4 is 0 Å². The van der Waals surface area contributed by atoms with Gasteiger partial charge in [-0.05, 0) is 62.4 Å². The molecule has 7 atom stereocenters. The van der Waals surface area contributed by atoms with Crippen LogP contribution in [0.1, 0.15) is 92.4 Å². The normalized spacial score (nSPS) is 39.7. The molecule has 0 saturated heterocycles. The lowest BCUT2D eigenvalue weighted by Gasteiger charge is -2.70. The Morgan fingerprint density at radius 2 is 1.92 bits per heavy atom. The van der Waals surface area contributed by atoms with Crippen molar-refractivity contribution in [3.8, 4) is 11.8 Å². The number of esters is 2.